The van der Waals surface area contributed by atoms with E-state index in [4.69, 9.17) is 9.47 Å². The molecule has 8 heteroatoms. The average Bonchev–Trinajstić information content (AvgIpc) is 3.00. The zero-order chi connectivity index (χ0) is 28.8. The van der Waals surface area contributed by atoms with Crippen molar-refractivity contribution in [1.82, 2.24) is 4.90 Å². The standard InChI is InChI=1S/C33H33N3O4S/c1-39-30-19-23-15-17-36(21-25(23)20-31(30)40-2)16-14-22-10-12-26(13-11-22)34-33(38)28-8-3-4-9-29(28)35-32(37)24-6-5-7-27(41)18-24/h3-13,18-20,41H,14-17,21H2,1-2H3,(H,34,38)(H,35,37). The van der Waals surface area contributed by atoms with Gasteiger partial charge in [-0.2, -0.15) is 0 Å². The highest BCUT2D eigenvalue weighted by molar-refractivity contribution is 7.80. The number of nitrogens with zero attached hydrogens (tertiary/aromatic N) is 1. The Morgan fingerprint density at radius 1 is 0.829 bits per heavy atom. The van der Waals surface area contributed by atoms with Crippen LogP contribution in [0.5, 0.6) is 11.5 Å². The van der Waals surface area contributed by atoms with Crippen LogP contribution in [0.25, 0.3) is 0 Å². The summed E-state index contributed by atoms with van der Waals surface area (Å²) < 4.78 is 10.9. The molecule has 0 saturated heterocycles. The molecule has 0 unspecified atom stereocenters. The van der Waals surface area contributed by atoms with Crippen molar-refractivity contribution in [3.8, 4) is 11.5 Å². The molecule has 5 rings (SSSR count). The molecule has 1 heterocycles. The maximum atomic E-state index is 13.1. The molecule has 0 saturated carbocycles. The number of fused-ring (bicyclic) bond motifs is 1. The third kappa shape index (κ3) is 6.90. The van der Waals surface area contributed by atoms with E-state index in [-0.39, 0.29) is 11.8 Å². The van der Waals surface area contributed by atoms with Crippen molar-refractivity contribution in [3.63, 3.8) is 0 Å². The number of hydrogen-bond acceptors (Lipinski definition) is 6. The van der Waals surface area contributed by atoms with Crippen molar-refractivity contribution >= 4 is 35.8 Å². The van der Waals surface area contributed by atoms with Gasteiger partial charge in [-0.3, -0.25) is 14.5 Å². The summed E-state index contributed by atoms with van der Waals surface area (Å²) in [7, 11) is 3.33. The number of nitrogens with one attached hydrogen (secondary N) is 2. The van der Waals surface area contributed by atoms with Crippen LogP contribution >= 0.6 is 12.6 Å². The normalized spacial score (nSPS) is 12.8. The number of anilines is 2. The minimum absolute atomic E-state index is 0.296. The Kier molecular flexibility index (Phi) is 8.91. The Labute approximate surface area is 245 Å². The highest BCUT2D eigenvalue weighted by Crippen LogP contribution is 2.33. The maximum Gasteiger partial charge on any atom is 0.257 e. The number of para-hydroxylation sites is 1. The van der Waals surface area contributed by atoms with E-state index in [2.05, 4.69) is 40.3 Å². The summed E-state index contributed by atoms with van der Waals surface area (Å²) >= 11 is 4.30. The van der Waals surface area contributed by atoms with E-state index in [0.29, 0.717) is 27.4 Å². The molecule has 0 aliphatic carbocycles. The lowest BCUT2D eigenvalue weighted by atomic mass is 9.98. The van der Waals surface area contributed by atoms with Crippen LogP contribution in [0.1, 0.15) is 37.4 Å². The van der Waals surface area contributed by atoms with Crippen LogP contribution in [-0.2, 0) is 19.4 Å². The van der Waals surface area contributed by atoms with Crippen LogP contribution in [0.15, 0.2) is 89.8 Å². The highest BCUT2D eigenvalue weighted by Gasteiger charge is 2.19. The molecule has 0 atom stereocenters. The number of amides is 2. The minimum atomic E-state index is -0.304. The topological polar surface area (TPSA) is 79.9 Å². The van der Waals surface area contributed by atoms with Gasteiger partial charge >= 0.3 is 0 Å². The second-order valence-electron chi connectivity index (χ2n) is 9.95. The Morgan fingerprint density at radius 2 is 1.56 bits per heavy atom. The van der Waals surface area contributed by atoms with Gasteiger partial charge in [0.05, 0.1) is 25.5 Å². The lowest BCUT2D eigenvalue weighted by molar-refractivity contribution is 0.102. The van der Waals surface area contributed by atoms with Gasteiger partial charge < -0.3 is 20.1 Å². The molecule has 7 nitrogen and oxygen atoms in total. The number of carbonyl (C=O) groups is 2. The summed E-state index contributed by atoms with van der Waals surface area (Å²) in [6.45, 7) is 2.80. The highest BCUT2D eigenvalue weighted by atomic mass is 32.1. The number of rotatable bonds is 9. The summed E-state index contributed by atoms with van der Waals surface area (Å²) in [5.41, 5.74) is 5.76. The van der Waals surface area contributed by atoms with Crippen LogP contribution in [0.2, 0.25) is 0 Å². The van der Waals surface area contributed by atoms with Crippen LogP contribution < -0.4 is 20.1 Å². The van der Waals surface area contributed by atoms with Gasteiger partial charge in [-0.05, 0) is 84.1 Å². The Balaban J connectivity index is 1.17. The molecule has 0 radical (unpaired) electrons. The molecule has 41 heavy (non-hydrogen) atoms. The summed E-state index contributed by atoms with van der Waals surface area (Å²) in [5, 5.41) is 5.79. The van der Waals surface area contributed by atoms with Crippen molar-refractivity contribution < 1.29 is 19.1 Å². The van der Waals surface area contributed by atoms with Gasteiger partial charge in [0.2, 0.25) is 0 Å². The Morgan fingerprint density at radius 3 is 2.29 bits per heavy atom. The van der Waals surface area contributed by atoms with Gasteiger partial charge in [-0.25, -0.2) is 0 Å². The molecule has 1 aliphatic rings. The van der Waals surface area contributed by atoms with Crippen molar-refractivity contribution in [2.45, 2.75) is 24.3 Å². The fourth-order valence-corrected chi connectivity index (χ4v) is 5.23. The van der Waals surface area contributed by atoms with Gasteiger partial charge in [0, 0.05) is 35.8 Å². The van der Waals surface area contributed by atoms with Crippen molar-refractivity contribution in [3.05, 3.63) is 113 Å². The molecule has 1 aliphatic heterocycles. The molecule has 2 amide bonds. The lowest BCUT2D eigenvalue weighted by Crippen LogP contribution is -2.32. The van der Waals surface area contributed by atoms with E-state index >= 15 is 0 Å². The molecule has 0 aromatic heterocycles. The number of carbonyl (C=O) groups excluding carboxylic acids is 2. The molecule has 4 aromatic rings. The first-order valence-electron chi connectivity index (χ1n) is 13.5. The zero-order valence-electron chi connectivity index (χ0n) is 23.1. The number of methoxy groups -OCH3 is 2. The average molecular weight is 568 g/mol. The van der Waals surface area contributed by atoms with Crippen molar-refractivity contribution in [1.29, 1.82) is 0 Å². The number of thiol groups is 1. The Bertz CT molecular complexity index is 1550. The lowest BCUT2D eigenvalue weighted by Gasteiger charge is -2.29. The SMILES string of the molecule is COc1cc2c(cc1OC)CN(CCc1ccc(NC(=O)c3ccccc3NC(=O)c3cccc(S)c3)cc1)CC2. The summed E-state index contributed by atoms with van der Waals surface area (Å²) in [4.78, 5) is 29.0. The largest absolute Gasteiger partial charge is 0.493 e. The third-order valence-corrected chi connectivity index (χ3v) is 7.53. The number of ether oxygens (including phenoxy) is 2. The van der Waals surface area contributed by atoms with Crippen LogP contribution in [0.4, 0.5) is 11.4 Å². The molecular formula is C33H33N3O4S. The number of benzene rings is 4. The van der Waals surface area contributed by atoms with Crippen LogP contribution in [-0.4, -0.2) is 44.0 Å². The summed E-state index contributed by atoms with van der Waals surface area (Å²) in [6, 6.07) is 26.0. The van der Waals surface area contributed by atoms with Gasteiger partial charge in [-0.15, -0.1) is 12.6 Å². The molecule has 0 bridgehead atoms. The van der Waals surface area contributed by atoms with Crippen LogP contribution in [0, 0.1) is 0 Å². The van der Waals surface area contributed by atoms with Gasteiger partial charge in [0.25, 0.3) is 11.8 Å². The van der Waals surface area contributed by atoms with E-state index in [0.717, 1.165) is 44.0 Å². The first-order valence-corrected chi connectivity index (χ1v) is 13.9. The number of hydrogen-bond donors (Lipinski definition) is 3. The van der Waals surface area contributed by atoms with Crippen molar-refractivity contribution in [2.75, 3.05) is 37.9 Å². The monoisotopic (exact) mass is 567 g/mol. The predicted molar refractivity (Wildman–Crippen MR) is 165 cm³/mol. The molecule has 210 valence electrons. The molecule has 2 N–H and O–H groups in total. The van der Waals surface area contributed by atoms with E-state index in [1.54, 1.807) is 62.8 Å². The van der Waals surface area contributed by atoms with E-state index in [9.17, 15) is 9.59 Å². The fraction of sp³-hybridized carbons (Fsp3) is 0.212. The second-order valence-corrected chi connectivity index (χ2v) is 10.5. The first kappa shape index (κ1) is 28.3. The predicted octanol–water partition coefficient (Wildman–Crippen LogP) is 6.10. The fourth-order valence-electron chi connectivity index (χ4n) is 5.00. The smallest absolute Gasteiger partial charge is 0.257 e. The Hall–Kier alpha value is -4.27. The minimum Gasteiger partial charge on any atom is -0.493 e. The van der Waals surface area contributed by atoms with E-state index in [1.165, 1.54) is 16.7 Å². The van der Waals surface area contributed by atoms with Crippen LogP contribution in [0.3, 0.4) is 0 Å². The molecule has 0 fully saturated rings. The zero-order valence-corrected chi connectivity index (χ0v) is 24.0. The molecule has 4 aromatic carbocycles. The summed E-state index contributed by atoms with van der Waals surface area (Å²) in [6.07, 6.45) is 1.88. The first-order chi connectivity index (χ1) is 19.9. The second kappa shape index (κ2) is 12.9. The molecular weight excluding hydrogens is 534 g/mol. The van der Waals surface area contributed by atoms with Gasteiger partial charge in [0.1, 0.15) is 0 Å². The van der Waals surface area contributed by atoms with Crippen molar-refractivity contribution in [2.24, 2.45) is 0 Å². The third-order valence-electron chi connectivity index (χ3n) is 7.25. The summed E-state index contributed by atoms with van der Waals surface area (Å²) in [5.74, 6) is 0.941. The van der Waals surface area contributed by atoms with Gasteiger partial charge in [0.15, 0.2) is 11.5 Å². The van der Waals surface area contributed by atoms with Gasteiger partial charge in [-0.1, -0.05) is 30.3 Å². The molecule has 0 spiro atoms. The van der Waals surface area contributed by atoms with E-state index in [1.807, 2.05) is 24.3 Å². The maximum absolute atomic E-state index is 13.1. The quantitative estimate of drug-likeness (QED) is 0.213. The van der Waals surface area contributed by atoms with E-state index < -0.39 is 0 Å².